The molecule has 1 unspecified atom stereocenters. The summed E-state index contributed by atoms with van der Waals surface area (Å²) in [7, 11) is 0. The topological polar surface area (TPSA) is 58.6 Å². The minimum atomic E-state index is -0.183. The number of ether oxygens (including phenoxy) is 1. The van der Waals surface area contributed by atoms with Crippen LogP contribution < -0.4 is 5.32 Å². The fraction of sp³-hybridized carbons (Fsp3) is 0.438. The van der Waals surface area contributed by atoms with Gasteiger partial charge in [0.05, 0.1) is 6.10 Å². The Balaban J connectivity index is 1.85. The average molecular weight is 273 g/mol. The lowest BCUT2D eigenvalue weighted by molar-refractivity contribution is 0.0907. The van der Waals surface area contributed by atoms with Crippen molar-refractivity contribution in [3.8, 4) is 11.8 Å². The Morgan fingerprint density at radius 2 is 2.40 bits per heavy atom. The SMILES string of the molecule is O=C(NCCC1CCCO1)c1cccc(C#CCO)c1. The van der Waals surface area contributed by atoms with Crippen LogP contribution in [0.1, 0.15) is 35.2 Å². The van der Waals surface area contributed by atoms with Gasteiger partial charge in [-0.15, -0.1) is 0 Å². The van der Waals surface area contributed by atoms with Crippen molar-refractivity contribution in [2.24, 2.45) is 0 Å². The molecule has 0 bridgehead atoms. The fourth-order valence-corrected chi connectivity index (χ4v) is 2.20. The normalized spacial score (nSPS) is 17.4. The van der Waals surface area contributed by atoms with E-state index in [1.54, 1.807) is 18.2 Å². The van der Waals surface area contributed by atoms with Gasteiger partial charge in [0.25, 0.3) is 5.91 Å². The Labute approximate surface area is 119 Å². The molecule has 1 aliphatic heterocycles. The van der Waals surface area contributed by atoms with Gasteiger partial charge >= 0.3 is 0 Å². The number of carbonyl (C=O) groups is 1. The number of hydrogen-bond acceptors (Lipinski definition) is 3. The fourth-order valence-electron chi connectivity index (χ4n) is 2.20. The second kappa shape index (κ2) is 7.68. The third kappa shape index (κ3) is 4.37. The maximum absolute atomic E-state index is 12.0. The van der Waals surface area contributed by atoms with Crippen molar-refractivity contribution in [2.75, 3.05) is 19.8 Å². The van der Waals surface area contributed by atoms with Crippen molar-refractivity contribution < 1.29 is 14.6 Å². The van der Waals surface area contributed by atoms with Crippen molar-refractivity contribution in [3.05, 3.63) is 35.4 Å². The molecule has 4 nitrogen and oxygen atoms in total. The molecule has 0 aliphatic carbocycles. The summed E-state index contributed by atoms with van der Waals surface area (Å²) in [5.41, 5.74) is 1.31. The van der Waals surface area contributed by atoms with Crippen LogP contribution >= 0.6 is 0 Å². The van der Waals surface area contributed by atoms with Crippen LogP contribution in [0.25, 0.3) is 0 Å². The Morgan fingerprint density at radius 3 is 3.15 bits per heavy atom. The van der Waals surface area contributed by atoms with Gasteiger partial charge in [-0.2, -0.15) is 0 Å². The van der Waals surface area contributed by atoms with Crippen LogP contribution in [0.5, 0.6) is 0 Å². The number of aliphatic hydroxyl groups excluding tert-OH is 1. The highest BCUT2D eigenvalue weighted by Gasteiger charge is 2.15. The van der Waals surface area contributed by atoms with Gasteiger partial charge in [0.1, 0.15) is 6.61 Å². The van der Waals surface area contributed by atoms with Crippen LogP contribution in [0, 0.1) is 11.8 Å². The summed E-state index contributed by atoms with van der Waals surface area (Å²) < 4.78 is 5.51. The first-order valence-corrected chi connectivity index (χ1v) is 6.89. The van der Waals surface area contributed by atoms with E-state index in [0.717, 1.165) is 31.4 Å². The van der Waals surface area contributed by atoms with Crippen LogP contribution in [0.15, 0.2) is 24.3 Å². The molecule has 0 radical (unpaired) electrons. The van der Waals surface area contributed by atoms with E-state index in [1.165, 1.54) is 0 Å². The second-order valence-electron chi connectivity index (χ2n) is 4.72. The molecule has 1 fully saturated rings. The summed E-state index contributed by atoms with van der Waals surface area (Å²) >= 11 is 0. The summed E-state index contributed by atoms with van der Waals surface area (Å²) in [6.45, 7) is 1.28. The van der Waals surface area contributed by atoms with Gasteiger partial charge in [-0.05, 0) is 37.5 Å². The minimum absolute atomic E-state index is 0.101. The van der Waals surface area contributed by atoms with E-state index >= 15 is 0 Å². The lowest BCUT2D eigenvalue weighted by atomic mass is 10.1. The average Bonchev–Trinajstić information content (AvgIpc) is 2.98. The molecule has 2 N–H and O–H groups in total. The second-order valence-corrected chi connectivity index (χ2v) is 4.72. The zero-order valence-corrected chi connectivity index (χ0v) is 11.4. The standard InChI is InChI=1S/C16H19NO3/c18-10-2-5-13-4-1-6-14(12-13)16(19)17-9-8-15-7-3-11-20-15/h1,4,6,12,15,18H,3,7-11H2,(H,17,19). The Hall–Kier alpha value is -1.83. The van der Waals surface area contributed by atoms with Gasteiger partial charge in [0.15, 0.2) is 0 Å². The van der Waals surface area contributed by atoms with Crippen molar-refractivity contribution >= 4 is 5.91 Å². The predicted octanol–water partition coefficient (Wildman–Crippen LogP) is 1.33. The maximum atomic E-state index is 12.0. The molecule has 1 aliphatic rings. The Bertz CT molecular complexity index is 510. The summed E-state index contributed by atoms with van der Waals surface area (Å²) in [6.07, 6.45) is 3.35. The Morgan fingerprint density at radius 1 is 1.50 bits per heavy atom. The van der Waals surface area contributed by atoms with E-state index in [4.69, 9.17) is 9.84 Å². The first kappa shape index (κ1) is 14.6. The van der Waals surface area contributed by atoms with Crippen LogP contribution in [0.4, 0.5) is 0 Å². The van der Waals surface area contributed by atoms with E-state index < -0.39 is 0 Å². The predicted molar refractivity (Wildman–Crippen MR) is 76.3 cm³/mol. The summed E-state index contributed by atoms with van der Waals surface area (Å²) in [4.78, 5) is 12.0. The molecule has 0 saturated carbocycles. The third-order valence-corrected chi connectivity index (χ3v) is 3.21. The zero-order chi connectivity index (χ0) is 14.2. The van der Waals surface area contributed by atoms with Crippen molar-refractivity contribution in [3.63, 3.8) is 0 Å². The number of benzene rings is 1. The van der Waals surface area contributed by atoms with E-state index in [-0.39, 0.29) is 18.6 Å². The van der Waals surface area contributed by atoms with Crippen molar-refractivity contribution in [1.29, 1.82) is 0 Å². The summed E-state index contributed by atoms with van der Waals surface area (Å²) in [5, 5.41) is 11.6. The van der Waals surface area contributed by atoms with Crippen molar-refractivity contribution in [1.82, 2.24) is 5.32 Å². The van der Waals surface area contributed by atoms with Gasteiger partial charge in [0.2, 0.25) is 0 Å². The highest BCUT2D eigenvalue weighted by Crippen LogP contribution is 2.14. The maximum Gasteiger partial charge on any atom is 0.251 e. The highest BCUT2D eigenvalue weighted by molar-refractivity contribution is 5.94. The van der Waals surface area contributed by atoms with Crippen LogP contribution in [-0.2, 0) is 4.74 Å². The summed E-state index contributed by atoms with van der Waals surface area (Å²) in [5.74, 6) is 5.26. The van der Waals surface area contributed by atoms with Gasteiger partial charge in [0, 0.05) is 24.3 Å². The van der Waals surface area contributed by atoms with Crippen LogP contribution in [0.3, 0.4) is 0 Å². The smallest absolute Gasteiger partial charge is 0.251 e. The van der Waals surface area contributed by atoms with E-state index in [2.05, 4.69) is 17.2 Å². The molecule has 2 rings (SSSR count). The summed E-state index contributed by atoms with van der Waals surface area (Å²) in [6, 6.07) is 7.08. The lowest BCUT2D eigenvalue weighted by Gasteiger charge is -2.10. The zero-order valence-electron chi connectivity index (χ0n) is 11.4. The molecular weight excluding hydrogens is 254 g/mol. The molecule has 1 atom stereocenters. The largest absolute Gasteiger partial charge is 0.384 e. The highest BCUT2D eigenvalue weighted by atomic mass is 16.5. The number of nitrogens with one attached hydrogen (secondary N) is 1. The van der Waals surface area contributed by atoms with Crippen molar-refractivity contribution in [2.45, 2.75) is 25.4 Å². The van der Waals surface area contributed by atoms with E-state index in [9.17, 15) is 4.79 Å². The number of carbonyl (C=O) groups excluding carboxylic acids is 1. The molecule has 106 valence electrons. The number of hydrogen-bond donors (Lipinski definition) is 2. The third-order valence-electron chi connectivity index (χ3n) is 3.21. The quantitative estimate of drug-likeness (QED) is 0.814. The molecule has 4 heteroatoms. The van der Waals surface area contributed by atoms with Gasteiger partial charge < -0.3 is 15.2 Å². The van der Waals surface area contributed by atoms with Gasteiger partial charge in [-0.25, -0.2) is 0 Å². The molecule has 1 aromatic carbocycles. The van der Waals surface area contributed by atoms with Crippen LogP contribution in [0.2, 0.25) is 0 Å². The number of rotatable bonds is 4. The first-order chi connectivity index (χ1) is 9.79. The molecular formula is C16H19NO3. The number of aliphatic hydroxyl groups is 1. The minimum Gasteiger partial charge on any atom is -0.384 e. The Kier molecular flexibility index (Phi) is 5.60. The first-order valence-electron chi connectivity index (χ1n) is 6.89. The van der Waals surface area contributed by atoms with Gasteiger partial charge in [-0.1, -0.05) is 17.9 Å². The van der Waals surface area contributed by atoms with Gasteiger partial charge in [-0.3, -0.25) is 4.79 Å². The van der Waals surface area contributed by atoms with E-state index in [0.29, 0.717) is 12.1 Å². The molecule has 20 heavy (non-hydrogen) atoms. The van der Waals surface area contributed by atoms with Crippen LogP contribution in [-0.4, -0.2) is 36.9 Å². The lowest BCUT2D eigenvalue weighted by Crippen LogP contribution is -2.27. The monoisotopic (exact) mass is 273 g/mol. The molecule has 1 aromatic rings. The molecule has 1 heterocycles. The molecule has 0 spiro atoms. The molecule has 1 saturated heterocycles. The van der Waals surface area contributed by atoms with E-state index in [1.807, 2.05) is 6.07 Å². The number of amides is 1. The molecule has 0 aromatic heterocycles. The molecule has 1 amide bonds.